The Morgan fingerprint density at radius 2 is 1.69 bits per heavy atom. The van der Waals surface area contributed by atoms with Gasteiger partial charge in [0.2, 0.25) is 0 Å². The van der Waals surface area contributed by atoms with Gasteiger partial charge in [0.1, 0.15) is 16.3 Å². The minimum atomic E-state index is -0.728. The van der Waals surface area contributed by atoms with E-state index in [1.165, 1.54) is 11.3 Å². The molecule has 0 radical (unpaired) electrons. The van der Waals surface area contributed by atoms with E-state index in [9.17, 15) is 14.9 Å². The quantitative estimate of drug-likeness (QED) is 0.432. The van der Waals surface area contributed by atoms with Crippen LogP contribution in [-0.2, 0) is 16.1 Å². The van der Waals surface area contributed by atoms with E-state index in [0.29, 0.717) is 15.7 Å². The van der Waals surface area contributed by atoms with Crippen molar-refractivity contribution < 1.29 is 9.53 Å². The molecule has 0 amide bonds. The van der Waals surface area contributed by atoms with E-state index in [1.54, 1.807) is 25.3 Å². The summed E-state index contributed by atoms with van der Waals surface area (Å²) in [5.74, 6) is -0.256. The van der Waals surface area contributed by atoms with E-state index in [2.05, 4.69) is 28.0 Å². The number of anilines is 2. The van der Waals surface area contributed by atoms with Gasteiger partial charge in [0, 0.05) is 50.0 Å². The molecule has 0 aliphatic carbocycles. The van der Waals surface area contributed by atoms with Gasteiger partial charge >= 0.3 is 0 Å². The van der Waals surface area contributed by atoms with Crippen molar-refractivity contribution in [3.63, 3.8) is 0 Å². The highest BCUT2D eigenvalue weighted by atomic mass is 32.1. The van der Waals surface area contributed by atoms with Crippen LogP contribution in [0.25, 0.3) is 11.6 Å². The predicted molar refractivity (Wildman–Crippen MR) is 158 cm³/mol. The van der Waals surface area contributed by atoms with Crippen molar-refractivity contribution in [2.45, 2.75) is 33.7 Å². The van der Waals surface area contributed by atoms with E-state index in [4.69, 9.17) is 4.74 Å². The summed E-state index contributed by atoms with van der Waals surface area (Å²) in [5.41, 5.74) is 2.15. The fourth-order valence-corrected chi connectivity index (χ4v) is 5.63. The molecule has 0 saturated carbocycles. The number of thiazole rings is 1. The maximum atomic E-state index is 13.6. The maximum Gasteiger partial charge on any atom is 0.269 e. The summed E-state index contributed by atoms with van der Waals surface area (Å²) in [7, 11) is 2.01. The molecule has 1 aliphatic rings. The van der Waals surface area contributed by atoms with Crippen LogP contribution in [0.4, 0.5) is 11.4 Å². The summed E-state index contributed by atoms with van der Waals surface area (Å²) >= 11 is 1.22. The van der Waals surface area contributed by atoms with E-state index >= 15 is 0 Å². The number of para-hydroxylation sites is 1. The minimum absolute atomic E-state index is 0.0513. The van der Waals surface area contributed by atoms with E-state index in [1.807, 2.05) is 55.6 Å². The molecule has 0 spiro atoms. The Kier molecular flexibility index (Phi) is 9.18. The predicted octanol–water partition coefficient (Wildman–Crippen LogP) is 3.52. The largest absolute Gasteiger partial charge is 0.379 e. The highest BCUT2D eigenvalue weighted by Gasteiger charge is 2.27. The third-order valence-electron chi connectivity index (χ3n) is 6.82. The maximum absolute atomic E-state index is 13.6. The first-order chi connectivity index (χ1) is 18.7. The number of ether oxygens (including phenoxy) is 1. The van der Waals surface area contributed by atoms with Crippen LogP contribution in [0.2, 0.25) is 0 Å². The molecular formula is C31H36N4O3S. The number of carbonyl (C=O) groups is 1. The van der Waals surface area contributed by atoms with Crippen molar-refractivity contribution in [3.05, 3.63) is 79.7 Å². The molecule has 7 nitrogen and oxygen atoms in total. The highest BCUT2D eigenvalue weighted by molar-refractivity contribution is 7.07. The second kappa shape index (κ2) is 12.6. The van der Waals surface area contributed by atoms with Gasteiger partial charge in [-0.3, -0.25) is 19.1 Å². The van der Waals surface area contributed by atoms with Gasteiger partial charge in [0.25, 0.3) is 5.56 Å². The second-order valence-corrected chi connectivity index (χ2v) is 11.8. The Bertz CT molecular complexity index is 1500. The van der Waals surface area contributed by atoms with E-state index in [-0.39, 0.29) is 16.9 Å². The third kappa shape index (κ3) is 6.93. The molecule has 204 valence electrons. The number of hydrogen-bond acceptors (Lipinski definition) is 7. The molecule has 1 saturated heterocycles. The highest BCUT2D eigenvalue weighted by Crippen LogP contribution is 2.23. The van der Waals surface area contributed by atoms with Gasteiger partial charge in [-0.15, -0.1) is 11.3 Å². The molecule has 0 N–H and O–H groups in total. The van der Waals surface area contributed by atoms with E-state index in [0.717, 1.165) is 56.2 Å². The Hall–Kier alpha value is -3.51. The molecule has 1 aliphatic heterocycles. The normalized spacial score (nSPS) is 15.6. The smallest absolute Gasteiger partial charge is 0.269 e. The van der Waals surface area contributed by atoms with Crippen LogP contribution in [0.5, 0.6) is 0 Å². The van der Waals surface area contributed by atoms with Gasteiger partial charge < -0.3 is 9.64 Å². The first-order valence-corrected chi connectivity index (χ1v) is 14.1. The Morgan fingerprint density at radius 1 is 1.05 bits per heavy atom. The number of Topliss-reactive ketones (excluding diaryl/α,β-unsaturated/α-hetero) is 1. The molecule has 8 heteroatoms. The Labute approximate surface area is 233 Å². The standard InChI is InChI=1S/C31H36N4O3S/c1-31(2,3)28(36)26(22-32)30-35(16-8-15-34-17-19-38-20-18-34)29(37)27(39-30)21-23-11-13-25(14-12-23)33(4)24-9-6-5-7-10-24/h5-7,9-14,21H,8,15-20H2,1-4H3/b27-21-,30-26-. The molecule has 0 atom stereocenters. The number of ketones is 1. The third-order valence-corrected chi connectivity index (χ3v) is 7.95. The molecule has 39 heavy (non-hydrogen) atoms. The van der Waals surface area contributed by atoms with Crippen molar-refractivity contribution >= 4 is 40.1 Å². The fraction of sp³-hybridized carbons (Fsp3) is 0.387. The Balaban J connectivity index is 1.70. The van der Waals surface area contributed by atoms with Crippen molar-refractivity contribution in [1.29, 1.82) is 5.26 Å². The van der Waals surface area contributed by atoms with Crippen molar-refractivity contribution in [2.24, 2.45) is 5.41 Å². The fourth-order valence-electron chi connectivity index (χ4n) is 4.50. The van der Waals surface area contributed by atoms with Crippen LogP contribution >= 0.6 is 11.3 Å². The van der Waals surface area contributed by atoms with Gasteiger partial charge in [0.05, 0.1) is 17.7 Å². The lowest BCUT2D eigenvalue weighted by Crippen LogP contribution is -2.39. The zero-order chi connectivity index (χ0) is 28.0. The number of aromatic nitrogens is 1. The summed E-state index contributed by atoms with van der Waals surface area (Å²) in [6, 6.07) is 20.2. The summed E-state index contributed by atoms with van der Waals surface area (Å²) < 4.78 is 8.00. The first kappa shape index (κ1) is 28.5. The van der Waals surface area contributed by atoms with Crippen LogP contribution in [-0.4, -0.2) is 55.1 Å². The zero-order valence-electron chi connectivity index (χ0n) is 23.1. The molecule has 3 aromatic rings. The van der Waals surface area contributed by atoms with E-state index < -0.39 is 5.41 Å². The molecular weight excluding hydrogens is 508 g/mol. The van der Waals surface area contributed by atoms with Gasteiger partial charge in [-0.2, -0.15) is 5.26 Å². The summed E-state index contributed by atoms with van der Waals surface area (Å²) in [6.07, 6.45) is 2.59. The number of morpholine rings is 1. The molecule has 1 aromatic heterocycles. The monoisotopic (exact) mass is 544 g/mol. The lowest BCUT2D eigenvalue weighted by Gasteiger charge is -2.26. The molecule has 0 bridgehead atoms. The first-order valence-electron chi connectivity index (χ1n) is 13.3. The van der Waals surface area contributed by atoms with Crippen LogP contribution in [0.1, 0.15) is 32.8 Å². The lowest BCUT2D eigenvalue weighted by molar-refractivity contribution is -0.120. The van der Waals surface area contributed by atoms with Crippen molar-refractivity contribution in [3.8, 4) is 6.07 Å². The number of carbonyl (C=O) groups excluding carboxylic acids is 1. The number of hydrogen-bond donors (Lipinski definition) is 0. The lowest BCUT2D eigenvalue weighted by atomic mass is 9.87. The molecule has 4 rings (SSSR count). The van der Waals surface area contributed by atoms with Crippen molar-refractivity contribution in [1.82, 2.24) is 9.47 Å². The Morgan fingerprint density at radius 3 is 2.31 bits per heavy atom. The van der Waals surface area contributed by atoms with Crippen LogP contribution in [0.3, 0.4) is 0 Å². The van der Waals surface area contributed by atoms with Crippen LogP contribution < -0.4 is 19.7 Å². The molecule has 0 unspecified atom stereocenters. The van der Waals surface area contributed by atoms with Crippen LogP contribution in [0.15, 0.2) is 59.4 Å². The second-order valence-electron chi connectivity index (χ2n) is 10.7. The molecule has 1 fully saturated rings. The summed E-state index contributed by atoms with van der Waals surface area (Å²) in [5, 5.41) is 9.98. The topological polar surface area (TPSA) is 78.6 Å². The zero-order valence-corrected chi connectivity index (χ0v) is 24.0. The summed E-state index contributed by atoms with van der Waals surface area (Å²) in [6.45, 7) is 9.84. The van der Waals surface area contributed by atoms with Crippen LogP contribution in [0, 0.1) is 16.7 Å². The van der Waals surface area contributed by atoms with Gasteiger partial charge in [-0.05, 0) is 42.3 Å². The average molecular weight is 545 g/mol. The number of nitriles is 1. The molecule has 2 heterocycles. The van der Waals surface area contributed by atoms with Gasteiger partial charge in [-0.1, -0.05) is 51.1 Å². The molecule has 2 aromatic carbocycles. The average Bonchev–Trinajstić information content (AvgIpc) is 3.24. The van der Waals surface area contributed by atoms with Crippen molar-refractivity contribution in [2.75, 3.05) is 44.8 Å². The minimum Gasteiger partial charge on any atom is -0.379 e. The number of rotatable bonds is 8. The summed E-state index contributed by atoms with van der Waals surface area (Å²) in [4.78, 5) is 31.2. The number of benzene rings is 2. The number of nitrogens with zero attached hydrogens (tertiary/aromatic N) is 4. The SMILES string of the molecule is CN(c1ccccc1)c1ccc(/C=c2\s/c(=C(/C#N)C(=O)C(C)(C)C)n(CCCN3CCOCC3)c2=O)cc1. The van der Waals surface area contributed by atoms with Gasteiger partial charge in [0.15, 0.2) is 5.78 Å². The van der Waals surface area contributed by atoms with Gasteiger partial charge in [-0.25, -0.2) is 0 Å².